The highest BCUT2D eigenvalue weighted by Crippen LogP contribution is 2.33. The number of hydrogen-bond acceptors (Lipinski definition) is 5. The second-order valence-corrected chi connectivity index (χ2v) is 11.7. The van der Waals surface area contributed by atoms with Gasteiger partial charge in [0.15, 0.2) is 6.30 Å². The molecule has 2 aromatic rings. The summed E-state index contributed by atoms with van der Waals surface area (Å²) in [5, 5.41) is 2.43. The molecule has 8 heteroatoms. The molecule has 1 aliphatic carbocycles. The maximum atomic E-state index is 13.7. The van der Waals surface area contributed by atoms with Crippen LogP contribution in [0.3, 0.4) is 0 Å². The number of alkyl halides is 1. The Labute approximate surface area is 189 Å². The van der Waals surface area contributed by atoms with Gasteiger partial charge >= 0.3 is 0 Å². The second kappa shape index (κ2) is 8.63. The highest BCUT2D eigenvalue weighted by Gasteiger charge is 2.28. The molecule has 1 atom stereocenters. The third-order valence-electron chi connectivity index (χ3n) is 6.39. The van der Waals surface area contributed by atoms with Gasteiger partial charge in [0.25, 0.3) is 0 Å². The number of halogens is 1. The SMILES string of the molecule is COC1CCC(Cn2c(C(C)(C)C)nc3cc(S(=O)(=O)C4=CC(F)NC=C4)ccc32)CC1. The third-order valence-corrected chi connectivity index (χ3v) is 8.16. The van der Waals surface area contributed by atoms with E-state index in [0.29, 0.717) is 17.5 Å². The van der Waals surface area contributed by atoms with Gasteiger partial charge in [-0.3, -0.25) is 0 Å². The summed E-state index contributed by atoms with van der Waals surface area (Å²) in [7, 11) is -2.05. The van der Waals surface area contributed by atoms with Crippen molar-refractivity contribution in [2.24, 2.45) is 5.92 Å². The molecule has 0 radical (unpaired) electrons. The lowest BCUT2D eigenvalue weighted by atomic mass is 9.87. The first-order valence-electron chi connectivity index (χ1n) is 11.2. The fourth-order valence-electron chi connectivity index (χ4n) is 4.63. The van der Waals surface area contributed by atoms with E-state index in [9.17, 15) is 12.8 Å². The number of aromatic nitrogens is 2. The summed E-state index contributed by atoms with van der Waals surface area (Å²) in [4.78, 5) is 4.94. The molecule has 174 valence electrons. The zero-order valence-electron chi connectivity index (χ0n) is 19.1. The van der Waals surface area contributed by atoms with Crippen molar-refractivity contribution in [2.45, 2.75) is 75.7 Å². The first-order valence-corrected chi connectivity index (χ1v) is 12.6. The highest BCUT2D eigenvalue weighted by atomic mass is 32.2. The zero-order valence-corrected chi connectivity index (χ0v) is 20.0. The first kappa shape index (κ1) is 23.0. The lowest BCUT2D eigenvalue weighted by Crippen LogP contribution is -2.26. The number of nitrogens with one attached hydrogen (secondary N) is 1. The Kier molecular flexibility index (Phi) is 6.20. The maximum Gasteiger partial charge on any atom is 0.206 e. The van der Waals surface area contributed by atoms with Crippen molar-refractivity contribution in [1.82, 2.24) is 14.9 Å². The van der Waals surface area contributed by atoms with Gasteiger partial charge in [0.1, 0.15) is 5.82 Å². The van der Waals surface area contributed by atoms with Gasteiger partial charge in [0.05, 0.1) is 26.9 Å². The van der Waals surface area contributed by atoms with E-state index in [-0.39, 0.29) is 15.2 Å². The Balaban J connectivity index is 1.71. The Hall–Kier alpha value is -2.19. The minimum absolute atomic E-state index is 0.0477. The van der Waals surface area contributed by atoms with Crippen molar-refractivity contribution < 1.29 is 17.5 Å². The monoisotopic (exact) mass is 461 g/mol. The molecular formula is C24H32FN3O3S. The summed E-state index contributed by atoms with van der Waals surface area (Å²) in [5.74, 6) is 1.48. The third kappa shape index (κ3) is 4.48. The number of rotatable bonds is 5. The first-order chi connectivity index (χ1) is 15.1. The molecule has 0 bridgehead atoms. The van der Waals surface area contributed by atoms with E-state index in [1.807, 2.05) is 6.07 Å². The summed E-state index contributed by atoms with van der Waals surface area (Å²) >= 11 is 0. The number of fused-ring (bicyclic) bond motifs is 1. The van der Waals surface area contributed by atoms with Crippen molar-refractivity contribution in [3.05, 3.63) is 47.3 Å². The fourth-order valence-corrected chi connectivity index (χ4v) is 5.96. The summed E-state index contributed by atoms with van der Waals surface area (Å²) in [6, 6.07) is 5.06. The van der Waals surface area contributed by atoms with Gasteiger partial charge in [0.2, 0.25) is 9.84 Å². The van der Waals surface area contributed by atoms with Crippen LogP contribution in [0.4, 0.5) is 4.39 Å². The number of sulfone groups is 1. The zero-order chi connectivity index (χ0) is 23.1. The average Bonchev–Trinajstić information content (AvgIpc) is 3.12. The highest BCUT2D eigenvalue weighted by molar-refractivity contribution is 7.95. The average molecular weight is 462 g/mol. The minimum atomic E-state index is -3.83. The normalized spacial score (nSPS) is 24.4. The molecule has 0 amide bonds. The molecule has 1 N–H and O–H groups in total. The van der Waals surface area contributed by atoms with E-state index in [2.05, 4.69) is 30.7 Å². The quantitative estimate of drug-likeness (QED) is 0.659. The summed E-state index contributed by atoms with van der Waals surface area (Å²) in [6.45, 7) is 7.22. The maximum absolute atomic E-state index is 13.7. The largest absolute Gasteiger partial charge is 0.381 e. The smallest absolute Gasteiger partial charge is 0.206 e. The van der Waals surface area contributed by atoms with E-state index in [1.54, 1.807) is 19.2 Å². The van der Waals surface area contributed by atoms with Gasteiger partial charge in [-0.25, -0.2) is 17.8 Å². The minimum Gasteiger partial charge on any atom is -0.381 e. The molecule has 32 heavy (non-hydrogen) atoms. The molecule has 1 fully saturated rings. The Bertz CT molecular complexity index is 1150. The van der Waals surface area contributed by atoms with Crippen LogP contribution in [0.15, 0.2) is 46.4 Å². The van der Waals surface area contributed by atoms with E-state index < -0.39 is 16.1 Å². The second-order valence-electron chi connectivity index (χ2n) is 9.80. The van der Waals surface area contributed by atoms with Crippen molar-refractivity contribution in [3.8, 4) is 0 Å². The Morgan fingerprint density at radius 2 is 1.94 bits per heavy atom. The summed E-state index contributed by atoms with van der Waals surface area (Å²) < 4.78 is 47.6. The van der Waals surface area contributed by atoms with Crippen LogP contribution in [0.5, 0.6) is 0 Å². The lowest BCUT2D eigenvalue weighted by molar-refractivity contribution is 0.0541. The van der Waals surface area contributed by atoms with E-state index >= 15 is 0 Å². The number of allylic oxidation sites excluding steroid dienone is 1. The van der Waals surface area contributed by atoms with Crippen LogP contribution in [0.2, 0.25) is 0 Å². The number of nitrogens with zero attached hydrogens (tertiary/aromatic N) is 2. The standard InChI is InChI=1S/C24H32FN3O3S/c1-24(2,3)23-27-20-13-18(32(29,30)19-11-12-26-22(25)14-19)9-10-21(20)28(23)15-16-5-7-17(31-4)8-6-16/h9-14,16-17,22,26H,5-8,15H2,1-4H3. The van der Waals surface area contributed by atoms with Gasteiger partial charge in [-0.15, -0.1) is 0 Å². The summed E-state index contributed by atoms with van der Waals surface area (Å²) in [6.07, 6.45) is 6.94. The Morgan fingerprint density at radius 3 is 2.56 bits per heavy atom. The molecule has 1 saturated carbocycles. The van der Waals surface area contributed by atoms with Gasteiger partial charge in [-0.1, -0.05) is 20.8 Å². The molecule has 1 aromatic carbocycles. The van der Waals surface area contributed by atoms with Crippen LogP contribution >= 0.6 is 0 Å². The number of imidazole rings is 1. The molecule has 1 aromatic heterocycles. The predicted octanol–water partition coefficient (Wildman–Crippen LogP) is 4.61. The van der Waals surface area contributed by atoms with Gasteiger partial charge in [-0.2, -0.15) is 0 Å². The van der Waals surface area contributed by atoms with Crippen LogP contribution < -0.4 is 5.32 Å². The van der Waals surface area contributed by atoms with Crippen molar-refractivity contribution in [1.29, 1.82) is 0 Å². The van der Waals surface area contributed by atoms with Crippen molar-refractivity contribution in [2.75, 3.05) is 7.11 Å². The van der Waals surface area contributed by atoms with E-state index in [4.69, 9.17) is 9.72 Å². The number of hydrogen-bond donors (Lipinski definition) is 1. The number of methoxy groups -OCH3 is 1. The molecule has 1 aliphatic heterocycles. The fraction of sp³-hybridized carbons (Fsp3) is 0.542. The van der Waals surface area contributed by atoms with Crippen LogP contribution in [-0.4, -0.2) is 37.5 Å². The molecule has 0 spiro atoms. The van der Waals surface area contributed by atoms with Crippen molar-refractivity contribution >= 4 is 20.9 Å². The molecule has 0 saturated heterocycles. The van der Waals surface area contributed by atoms with E-state index in [0.717, 1.165) is 49.6 Å². The molecule has 1 unspecified atom stereocenters. The molecule has 6 nitrogen and oxygen atoms in total. The molecule has 2 heterocycles. The van der Waals surface area contributed by atoms with Gasteiger partial charge < -0.3 is 14.6 Å². The lowest BCUT2D eigenvalue weighted by Gasteiger charge is -2.29. The van der Waals surface area contributed by atoms with Crippen LogP contribution in [-0.2, 0) is 26.5 Å². The number of ether oxygens (including phenoxy) is 1. The predicted molar refractivity (Wildman–Crippen MR) is 124 cm³/mol. The van der Waals surface area contributed by atoms with Crippen molar-refractivity contribution in [3.63, 3.8) is 0 Å². The topological polar surface area (TPSA) is 73.2 Å². The van der Waals surface area contributed by atoms with Gasteiger partial charge in [0, 0.05) is 25.3 Å². The van der Waals surface area contributed by atoms with Gasteiger partial charge in [-0.05, 0) is 62.0 Å². The van der Waals surface area contributed by atoms with Crippen LogP contribution in [0, 0.1) is 5.92 Å². The summed E-state index contributed by atoms with van der Waals surface area (Å²) in [5.41, 5.74) is 1.39. The van der Waals surface area contributed by atoms with E-state index in [1.165, 1.54) is 12.3 Å². The van der Waals surface area contributed by atoms with Crippen LogP contribution in [0.1, 0.15) is 52.3 Å². The number of dihydropyridines is 1. The molecule has 4 rings (SSSR count). The number of benzene rings is 1. The molecule has 2 aliphatic rings. The van der Waals surface area contributed by atoms with Crippen LogP contribution in [0.25, 0.3) is 11.0 Å². The molecular weight excluding hydrogens is 429 g/mol. The Morgan fingerprint density at radius 1 is 1.22 bits per heavy atom.